The van der Waals surface area contributed by atoms with Crippen LogP contribution < -0.4 is 0 Å². The average molecular weight is 178 g/mol. The van der Waals surface area contributed by atoms with Gasteiger partial charge in [0.25, 0.3) is 0 Å². The first-order chi connectivity index (χ1) is 5.54. The Bertz CT molecular complexity index is 300. The summed E-state index contributed by atoms with van der Waals surface area (Å²) in [5.74, 6) is 0. The van der Waals surface area contributed by atoms with E-state index in [4.69, 9.17) is 5.26 Å². The fourth-order valence-electron chi connectivity index (χ4n) is 0.961. The van der Waals surface area contributed by atoms with E-state index in [1.54, 1.807) is 0 Å². The van der Waals surface area contributed by atoms with Crippen molar-refractivity contribution in [3.8, 4) is 6.07 Å². The van der Waals surface area contributed by atoms with Crippen molar-refractivity contribution in [2.45, 2.75) is 18.6 Å². The standard InChI is InChI=1S/C10H11NS/c1-10(2,12)9-5-3-8(7-11)4-6-9/h3-6,12H,1-2H3/p+1. The summed E-state index contributed by atoms with van der Waals surface area (Å²) in [6.07, 6.45) is 0. The van der Waals surface area contributed by atoms with Crippen LogP contribution in [0.15, 0.2) is 24.3 Å². The first kappa shape index (κ1) is 9.15. The van der Waals surface area contributed by atoms with Crippen molar-refractivity contribution < 1.29 is 0 Å². The second-order valence-electron chi connectivity index (χ2n) is 3.31. The summed E-state index contributed by atoms with van der Waals surface area (Å²) in [5, 5.41) is 8.57. The highest BCUT2D eigenvalue weighted by Crippen LogP contribution is 2.20. The van der Waals surface area contributed by atoms with Gasteiger partial charge in [-0.3, -0.25) is 0 Å². The molecule has 0 amide bonds. The van der Waals surface area contributed by atoms with Crippen molar-refractivity contribution in [2.24, 2.45) is 0 Å². The Kier molecular flexibility index (Phi) is 2.44. The highest BCUT2D eigenvalue weighted by atomic mass is 32.1. The van der Waals surface area contributed by atoms with Gasteiger partial charge in [-0.15, -0.1) is 0 Å². The Labute approximate surface area is 78.4 Å². The van der Waals surface area contributed by atoms with Crippen LogP contribution in [0.2, 0.25) is 0 Å². The lowest BCUT2D eigenvalue weighted by Gasteiger charge is -2.10. The Hall–Kier alpha value is -0.940. The summed E-state index contributed by atoms with van der Waals surface area (Å²) in [6.45, 7) is 4.15. The van der Waals surface area contributed by atoms with Gasteiger partial charge in [-0.2, -0.15) is 5.26 Å². The zero-order valence-corrected chi connectivity index (χ0v) is 8.26. The maximum Gasteiger partial charge on any atom is 0.143 e. The molecule has 0 saturated heterocycles. The molecule has 0 heterocycles. The zero-order chi connectivity index (χ0) is 9.19. The summed E-state index contributed by atoms with van der Waals surface area (Å²) >= 11 is 3.60. The van der Waals surface area contributed by atoms with Crippen LogP contribution in [-0.2, 0) is 17.4 Å². The van der Waals surface area contributed by atoms with E-state index in [0.29, 0.717) is 5.56 Å². The molecule has 1 aromatic carbocycles. The molecule has 62 valence electrons. The molecule has 0 N–H and O–H groups in total. The van der Waals surface area contributed by atoms with Crippen LogP contribution in [0.4, 0.5) is 0 Å². The van der Waals surface area contributed by atoms with Crippen LogP contribution in [0.5, 0.6) is 0 Å². The molecule has 0 aliphatic rings. The predicted octanol–water partition coefficient (Wildman–Crippen LogP) is 1.80. The van der Waals surface area contributed by atoms with Crippen molar-refractivity contribution in [1.29, 1.82) is 5.26 Å². The summed E-state index contributed by atoms with van der Waals surface area (Å²) in [4.78, 5) is 0. The Balaban J connectivity index is 3.02. The molecule has 0 spiro atoms. The topological polar surface area (TPSA) is 23.8 Å². The molecule has 0 radical (unpaired) electrons. The molecule has 0 aromatic heterocycles. The SMILES string of the molecule is CC(C)([SH2+])c1ccc(C#N)cc1. The van der Waals surface area contributed by atoms with Crippen LogP contribution in [0.1, 0.15) is 25.0 Å². The predicted molar refractivity (Wildman–Crippen MR) is 54.3 cm³/mol. The van der Waals surface area contributed by atoms with Crippen LogP contribution in [-0.4, -0.2) is 0 Å². The van der Waals surface area contributed by atoms with Crippen molar-refractivity contribution >= 4 is 12.6 Å². The number of rotatable bonds is 1. The molecule has 0 atom stereocenters. The molecule has 1 rings (SSSR count). The number of hydrogen-bond donors (Lipinski definition) is 0. The fourth-order valence-corrected chi connectivity index (χ4v) is 1.13. The molecule has 2 heteroatoms. The minimum atomic E-state index is -0.0199. The number of hydrogen-bond acceptors (Lipinski definition) is 1. The van der Waals surface area contributed by atoms with Crippen LogP contribution >= 0.6 is 0 Å². The number of nitriles is 1. The molecule has 1 nitrogen and oxygen atoms in total. The zero-order valence-electron chi connectivity index (χ0n) is 7.26. The minimum Gasteiger partial charge on any atom is -0.192 e. The Morgan fingerprint density at radius 1 is 1.25 bits per heavy atom. The molecule has 1 aromatic rings. The normalized spacial score (nSPS) is 10.8. The highest BCUT2D eigenvalue weighted by Gasteiger charge is 2.20. The van der Waals surface area contributed by atoms with E-state index in [2.05, 4.69) is 32.5 Å². The molecule has 0 bridgehead atoms. The third kappa shape index (κ3) is 2.02. The average Bonchev–Trinajstić information content (AvgIpc) is 2.03. The maximum absolute atomic E-state index is 8.57. The van der Waals surface area contributed by atoms with Gasteiger partial charge in [0.05, 0.1) is 11.6 Å². The van der Waals surface area contributed by atoms with E-state index in [1.807, 2.05) is 24.3 Å². The van der Waals surface area contributed by atoms with Gasteiger partial charge in [-0.25, -0.2) is 0 Å². The van der Waals surface area contributed by atoms with Gasteiger partial charge in [-0.1, -0.05) is 12.1 Å². The van der Waals surface area contributed by atoms with Gasteiger partial charge in [0.15, 0.2) is 0 Å². The fraction of sp³-hybridized carbons (Fsp3) is 0.300. The third-order valence-corrected chi connectivity index (χ3v) is 2.02. The van der Waals surface area contributed by atoms with E-state index in [0.717, 1.165) is 0 Å². The third-order valence-electron chi connectivity index (χ3n) is 1.74. The molecule has 0 saturated carbocycles. The lowest BCUT2D eigenvalue weighted by atomic mass is 10.0. The van der Waals surface area contributed by atoms with Crippen molar-refractivity contribution in [3.63, 3.8) is 0 Å². The molecule has 0 fully saturated rings. The molecule has 0 unspecified atom stereocenters. The van der Waals surface area contributed by atoms with Crippen LogP contribution in [0, 0.1) is 11.3 Å². The molecule has 0 aliphatic heterocycles. The maximum atomic E-state index is 8.57. The van der Waals surface area contributed by atoms with Gasteiger partial charge in [-0.05, 0) is 38.6 Å². The minimum absolute atomic E-state index is 0.0199. The second kappa shape index (κ2) is 3.20. The smallest absolute Gasteiger partial charge is 0.143 e. The molecular weight excluding hydrogens is 166 g/mol. The summed E-state index contributed by atoms with van der Waals surface area (Å²) in [7, 11) is 0. The van der Waals surface area contributed by atoms with E-state index < -0.39 is 0 Å². The quantitative estimate of drug-likeness (QED) is 0.602. The monoisotopic (exact) mass is 178 g/mol. The van der Waals surface area contributed by atoms with Crippen molar-refractivity contribution in [1.82, 2.24) is 0 Å². The van der Waals surface area contributed by atoms with Gasteiger partial charge in [0.1, 0.15) is 4.75 Å². The first-order valence-corrected chi connectivity index (χ1v) is 4.29. The van der Waals surface area contributed by atoms with Gasteiger partial charge >= 0.3 is 0 Å². The van der Waals surface area contributed by atoms with Crippen LogP contribution in [0.25, 0.3) is 0 Å². The molecule has 0 aliphatic carbocycles. The van der Waals surface area contributed by atoms with Crippen LogP contribution in [0.3, 0.4) is 0 Å². The summed E-state index contributed by atoms with van der Waals surface area (Å²) in [5.41, 5.74) is 1.88. The van der Waals surface area contributed by atoms with E-state index in [9.17, 15) is 0 Å². The Morgan fingerprint density at radius 2 is 1.75 bits per heavy atom. The molecule has 12 heavy (non-hydrogen) atoms. The van der Waals surface area contributed by atoms with Gasteiger partial charge in [0, 0.05) is 5.56 Å². The van der Waals surface area contributed by atoms with Gasteiger partial charge < -0.3 is 0 Å². The number of nitrogens with zero attached hydrogens (tertiary/aromatic N) is 1. The van der Waals surface area contributed by atoms with E-state index >= 15 is 0 Å². The van der Waals surface area contributed by atoms with E-state index in [-0.39, 0.29) is 4.75 Å². The van der Waals surface area contributed by atoms with Crippen molar-refractivity contribution in [2.75, 3.05) is 0 Å². The highest BCUT2D eigenvalue weighted by molar-refractivity contribution is 7.59. The first-order valence-electron chi connectivity index (χ1n) is 3.79. The van der Waals surface area contributed by atoms with Gasteiger partial charge in [0.2, 0.25) is 0 Å². The van der Waals surface area contributed by atoms with Crippen molar-refractivity contribution in [3.05, 3.63) is 35.4 Å². The summed E-state index contributed by atoms with van der Waals surface area (Å²) in [6, 6.07) is 9.68. The number of benzene rings is 1. The van der Waals surface area contributed by atoms with E-state index in [1.165, 1.54) is 5.56 Å². The largest absolute Gasteiger partial charge is 0.192 e. The second-order valence-corrected chi connectivity index (χ2v) is 4.56. The lowest BCUT2D eigenvalue weighted by molar-refractivity contribution is 0.788. The lowest BCUT2D eigenvalue weighted by Crippen LogP contribution is -2.11. The Morgan fingerprint density at radius 3 is 2.08 bits per heavy atom. The summed E-state index contributed by atoms with van der Waals surface area (Å²) < 4.78 is -0.0199. The molecular formula is C10H12NS+.